The molecule has 1 fully saturated rings. The fourth-order valence-electron chi connectivity index (χ4n) is 2.44. The van der Waals surface area contributed by atoms with Crippen LogP contribution >= 0.6 is 0 Å². The van der Waals surface area contributed by atoms with Crippen LogP contribution in [0.1, 0.15) is 33.1 Å². The molecule has 1 aliphatic heterocycles. The van der Waals surface area contributed by atoms with Gasteiger partial charge in [0.15, 0.2) is 0 Å². The van der Waals surface area contributed by atoms with Crippen molar-refractivity contribution in [3.8, 4) is 0 Å². The summed E-state index contributed by atoms with van der Waals surface area (Å²) in [4.78, 5) is 2.65. The second-order valence-corrected chi connectivity index (χ2v) is 4.99. The molecule has 0 radical (unpaired) electrons. The predicted octanol–water partition coefficient (Wildman–Crippen LogP) is 1.73. The lowest BCUT2D eigenvalue weighted by molar-refractivity contribution is 0.112. The maximum absolute atomic E-state index is 5.00. The molecule has 1 aliphatic rings. The van der Waals surface area contributed by atoms with Crippen molar-refractivity contribution in [1.82, 2.24) is 10.2 Å². The molecule has 0 bridgehead atoms. The number of piperidine rings is 1. The van der Waals surface area contributed by atoms with Crippen LogP contribution in [0.15, 0.2) is 0 Å². The number of methoxy groups -OCH3 is 1. The summed E-state index contributed by atoms with van der Waals surface area (Å²) in [7, 11) is 1.75. The van der Waals surface area contributed by atoms with Crippen molar-refractivity contribution < 1.29 is 4.74 Å². The second kappa shape index (κ2) is 8.04. The van der Waals surface area contributed by atoms with E-state index in [1.54, 1.807) is 7.11 Å². The average Bonchev–Trinajstić information content (AvgIpc) is 2.29. The molecular weight excluding hydrogens is 200 g/mol. The third-order valence-electron chi connectivity index (χ3n) is 3.79. The molecule has 0 spiro atoms. The summed E-state index contributed by atoms with van der Waals surface area (Å²) in [6.07, 6.45) is 4.03. The SMILES string of the molecule is COCCNCCCN1CCCC(C)C1C. The molecule has 3 nitrogen and oxygen atoms in total. The Bertz CT molecular complexity index is 175. The molecule has 16 heavy (non-hydrogen) atoms. The maximum Gasteiger partial charge on any atom is 0.0587 e. The normalized spacial score (nSPS) is 27.2. The van der Waals surface area contributed by atoms with Crippen molar-refractivity contribution in [3.05, 3.63) is 0 Å². The van der Waals surface area contributed by atoms with Gasteiger partial charge in [0, 0.05) is 19.7 Å². The zero-order chi connectivity index (χ0) is 11.8. The molecule has 0 aromatic heterocycles. The minimum Gasteiger partial charge on any atom is -0.383 e. The highest BCUT2D eigenvalue weighted by Crippen LogP contribution is 2.22. The van der Waals surface area contributed by atoms with E-state index < -0.39 is 0 Å². The monoisotopic (exact) mass is 228 g/mol. The molecule has 96 valence electrons. The lowest BCUT2D eigenvalue weighted by Crippen LogP contribution is -2.43. The van der Waals surface area contributed by atoms with E-state index in [-0.39, 0.29) is 0 Å². The van der Waals surface area contributed by atoms with Crippen molar-refractivity contribution in [2.75, 3.05) is 39.9 Å². The van der Waals surface area contributed by atoms with Crippen molar-refractivity contribution in [2.45, 2.75) is 39.2 Å². The smallest absolute Gasteiger partial charge is 0.0587 e. The summed E-state index contributed by atoms with van der Waals surface area (Å²) in [6, 6.07) is 0.771. The Balaban J connectivity index is 2.03. The van der Waals surface area contributed by atoms with Gasteiger partial charge in [-0.25, -0.2) is 0 Å². The molecule has 0 saturated carbocycles. The predicted molar refractivity (Wildman–Crippen MR) is 68.8 cm³/mol. The number of rotatable bonds is 7. The van der Waals surface area contributed by atoms with Crippen LogP contribution in [-0.2, 0) is 4.74 Å². The van der Waals surface area contributed by atoms with Crippen LogP contribution in [-0.4, -0.2) is 50.8 Å². The molecule has 1 N–H and O–H groups in total. The van der Waals surface area contributed by atoms with E-state index in [0.29, 0.717) is 0 Å². The third kappa shape index (κ3) is 4.81. The molecule has 3 heteroatoms. The number of likely N-dealkylation sites (tertiary alicyclic amines) is 1. The quantitative estimate of drug-likeness (QED) is 0.672. The van der Waals surface area contributed by atoms with Gasteiger partial charge in [-0.1, -0.05) is 6.92 Å². The van der Waals surface area contributed by atoms with E-state index in [0.717, 1.165) is 31.7 Å². The Kier molecular flexibility index (Phi) is 7.01. The molecule has 0 aliphatic carbocycles. The van der Waals surface area contributed by atoms with Gasteiger partial charge in [0.1, 0.15) is 0 Å². The van der Waals surface area contributed by atoms with E-state index in [4.69, 9.17) is 4.74 Å². The molecule has 1 saturated heterocycles. The van der Waals surface area contributed by atoms with Crippen LogP contribution in [0.2, 0.25) is 0 Å². The number of hydrogen-bond donors (Lipinski definition) is 1. The Labute approximate surface area is 101 Å². The first-order valence-electron chi connectivity index (χ1n) is 6.69. The van der Waals surface area contributed by atoms with E-state index in [2.05, 4.69) is 24.1 Å². The Hall–Kier alpha value is -0.120. The van der Waals surface area contributed by atoms with Gasteiger partial charge in [-0.2, -0.15) is 0 Å². The maximum atomic E-state index is 5.00. The van der Waals surface area contributed by atoms with Crippen LogP contribution in [0, 0.1) is 5.92 Å². The first-order chi connectivity index (χ1) is 7.75. The highest BCUT2D eigenvalue weighted by Gasteiger charge is 2.23. The topological polar surface area (TPSA) is 24.5 Å². The van der Waals surface area contributed by atoms with Gasteiger partial charge in [-0.15, -0.1) is 0 Å². The summed E-state index contributed by atoms with van der Waals surface area (Å²) < 4.78 is 5.00. The van der Waals surface area contributed by atoms with E-state index in [9.17, 15) is 0 Å². The van der Waals surface area contributed by atoms with Crippen LogP contribution in [0.3, 0.4) is 0 Å². The second-order valence-electron chi connectivity index (χ2n) is 4.99. The van der Waals surface area contributed by atoms with Crippen LogP contribution in [0.25, 0.3) is 0 Å². The molecule has 0 aromatic carbocycles. The van der Waals surface area contributed by atoms with Gasteiger partial charge in [0.2, 0.25) is 0 Å². The number of nitrogens with one attached hydrogen (secondary N) is 1. The highest BCUT2D eigenvalue weighted by atomic mass is 16.5. The number of hydrogen-bond acceptors (Lipinski definition) is 3. The fraction of sp³-hybridized carbons (Fsp3) is 1.00. The van der Waals surface area contributed by atoms with Gasteiger partial charge in [-0.05, 0) is 51.7 Å². The Morgan fingerprint density at radius 1 is 1.31 bits per heavy atom. The van der Waals surface area contributed by atoms with Crippen LogP contribution < -0.4 is 5.32 Å². The van der Waals surface area contributed by atoms with Crippen molar-refractivity contribution in [3.63, 3.8) is 0 Å². The summed E-state index contributed by atoms with van der Waals surface area (Å²) in [5.74, 6) is 0.871. The Morgan fingerprint density at radius 3 is 2.88 bits per heavy atom. The van der Waals surface area contributed by atoms with Gasteiger partial charge in [0.05, 0.1) is 6.61 Å². The summed E-state index contributed by atoms with van der Waals surface area (Å²) in [6.45, 7) is 10.2. The standard InChI is InChI=1S/C13H28N2O/c1-12-6-4-9-15(13(12)2)10-5-7-14-8-11-16-3/h12-14H,4-11H2,1-3H3. The first kappa shape index (κ1) is 13.9. The molecule has 0 amide bonds. The lowest BCUT2D eigenvalue weighted by Gasteiger charge is -2.37. The molecule has 1 heterocycles. The van der Waals surface area contributed by atoms with Gasteiger partial charge in [0.25, 0.3) is 0 Å². The van der Waals surface area contributed by atoms with Gasteiger partial charge >= 0.3 is 0 Å². The molecule has 1 rings (SSSR count). The molecular formula is C13H28N2O. The fourth-order valence-corrected chi connectivity index (χ4v) is 2.44. The van der Waals surface area contributed by atoms with E-state index >= 15 is 0 Å². The molecule has 2 atom stereocenters. The molecule has 2 unspecified atom stereocenters. The lowest BCUT2D eigenvalue weighted by atomic mass is 9.92. The van der Waals surface area contributed by atoms with Crippen LogP contribution in [0.4, 0.5) is 0 Å². The highest BCUT2D eigenvalue weighted by molar-refractivity contribution is 4.78. The number of nitrogens with zero attached hydrogens (tertiary/aromatic N) is 1. The van der Waals surface area contributed by atoms with Crippen LogP contribution in [0.5, 0.6) is 0 Å². The zero-order valence-electron chi connectivity index (χ0n) is 11.2. The van der Waals surface area contributed by atoms with Crippen molar-refractivity contribution >= 4 is 0 Å². The minimum atomic E-state index is 0.771. The first-order valence-corrected chi connectivity index (χ1v) is 6.69. The third-order valence-corrected chi connectivity index (χ3v) is 3.79. The van der Waals surface area contributed by atoms with Gasteiger partial charge in [-0.3, -0.25) is 0 Å². The van der Waals surface area contributed by atoms with Crippen molar-refractivity contribution in [2.24, 2.45) is 5.92 Å². The van der Waals surface area contributed by atoms with E-state index in [1.807, 2.05) is 0 Å². The van der Waals surface area contributed by atoms with E-state index in [1.165, 1.54) is 32.4 Å². The zero-order valence-corrected chi connectivity index (χ0v) is 11.2. The van der Waals surface area contributed by atoms with Gasteiger partial charge < -0.3 is 15.0 Å². The summed E-state index contributed by atoms with van der Waals surface area (Å²) in [5.41, 5.74) is 0. The Morgan fingerprint density at radius 2 is 2.12 bits per heavy atom. The number of ether oxygens (including phenoxy) is 1. The summed E-state index contributed by atoms with van der Waals surface area (Å²) in [5, 5.41) is 3.40. The largest absolute Gasteiger partial charge is 0.383 e. The average molecular weight is 228 g/mol. The van der Waals surface area contributed by atoms with Crippen molar-refractivity contribution in [1.29, 1.82) is 0 Å². The molecule has 0 aromatic rings. The summed E-state index contributed by atoms with van der Waals surface area (Å²) >= 11 is 0. The minimum absolute atomic E-state index is 0.771.